The van der Waals surface area contributed by atoms with Crippen LogP contribution in [0.5, 0.6) is 0 Å². The topological polar surface area (TPSA) is 155 Å². The minimum absolute atomic E-state index is 0.0445. The number of piperidine rings is 1. The summed E-state index contributed by atoms with van der Waals surface area (Å²) >= 11 is 0. The lowest BCUT2D eigenvalue weighted by Gasteiger charge is -2.35. The fourth-order valence-corrected chi connectivity index (χ4v) is 5.41. The maximum absolute atomic E-state index is 14.0. The van der Waals surface area contributed by atoms with Crippen LogP contribution in [-0.4, -0.2) is 57.9 Å². The Bertz CT molecular complexity index is 1780. The predicted molar refractivity (Wildman–Crippen MR) is 184 cm³/mol. The van der Waals surface area contributed by atoms with Gasteiger partial charge in [0.1, 0.15) is 12.2 Å². The third-order valence-electron chi connectivity index (χ3n) is 7.72. The van der Waals surface area contributed by atoms with E-state index >= 15 is 0 Å². The number of rotatable bonds is 8. The van der Waals surface area contributed by atoms with Gasteiger partial charge in [0.2, 0.25) is 0 Å². The lowest BCUT2D eigenvalue weighted by Crippen LogP contribution is -2.49. The van der Waals surface area contributed by atoms with Crippen LogP contribution in [-0.2, 0) is 21.7 Å². The molecule has 3 amide bonds. The van der Waals surface area contributed by atoms with Gasteiger partial charge in [0, 0.05) is 30.7 Å². The molecule has 2 aromatic carbocycles. The Morgan fingerprint density at radius 2 is 1.73 bits per heavy atom. The zero-order chi connectivity index (χ0) is 34.5. The van der Waals surface area contributed by atoms with Crippen molar-refractivity contribution >= 4 is 46.1 Å². The molecule has 4 N–H and O–H groups in total. The van der Waals surface area contributed by atoms with Crippen molar-refractivity contribution in [3.63, 3.8) is 0 Å². The summed E-state index contributed by atoms with van der Waals surface area (Å²) in [5.74, 6) is -0.585. The Balaban J connectivity index is 1.40. The van der Waals surface area contributed by atoms with Crippen LogP contribution in [0.15, 0.2) is 73.1 Å². The number of alkyl carbamates (subject to hydrolysis) is 1. The summed E-state index contributed by atoms with van der Waals surface area (Å²) in [5, 5.41) is 19.8. The molecule has 1 unspecified atom stereocenters. The second kappa shape index (κ2) is 14.3. The van der Waals surface area contributed by atoms with Crippen LogP contribution in [0, 0.1) is 0 Å². The van der Waals surface area contributed by atoms with E-state index in [-0.39, 0.29) is 24.0 Å². The number of ether oxygens (including phenoxy) is 2. The van der Waals surface area contributed by atoms with E-state index in [4.69, 9.17) is 9.47 Å². The highest BCUT2D eigenvalue weighted by atomic mass is 16.6. The molecule has 5 rings (SSSR count). The highest BCUT2D eigenvalue weighted by Gasteiger charge is 2.27. The van der Waals surface area contributed by atoms with Gasteiger partial charge in [-0.25, -0.2) is 14.6 Å². The lowest BCUT2D eigenvalue weighted by molar-refractivity contribution is 0.0499. The number of nitrogens with one attached hydrogen (secondary N) is 3. The van der Waals surface area contributed by atoms with Crippen molar-refractivity contribution in [3.05, 3.63) is 89.9 Å². The number of benzene rings is 2. The molecule has 1 fully saturated rings. The van der Waals surface area contributed by atoms with Crippen LogP contribution < -0.4 is 20.9 Å². The van der Waals surface area contributed by atoms with Gasteiger partial charge < -0.3 is 30.1 Å². The molecule has 0 radical (unpaired) electrons. The average molecular weight is 655 g/mol. The molecule has 0 spiro atoms. The number of carbonyl (C=O) groups is 3. The van der Waals surface area contributed by atoms with Gasteiger partial charge in [-0.2, -0.15) is 0 Å². The normalized spacial score (nSPS) is 15.0. The van der Waals surface area contributed by atoms with Gasteiger partial charge in [0.25, 0.3) is 5.91 Å². The van der Waals surface area contributed by atoms with Gasteiger partial charge in [-0.1, -0.05) is 42.5 Å². The highest BCUT2D eigenvalue weighted by Crippen LogP contribution is 2.31. The molecular formula is C36H42N6O6. The number of fused-ring (bicyclic) bond motifs is 1. The smallest absolute Gasteiger partial charge is 0.412 e. The number of amides is 3. The molecule has 48 heavy (non-hydrogen) atoms. The van der Waals surface area contributed by atoms with E-state index in [0.717, 1.165) is 24.1 Å². The molecule has 12 heteroatoms. The third-order valence-corrected chi connectivity index (χ3v) is 7.72. The van der Waals surface area contributed by atoms with Gasteiger partial charge in [-0.15, -0.1) is 0 Å². The quantitative estimate of drug-likeness (QED) is 0.170. The number of anilines is 3. The van der Waals surface area contributed by atoms with E-state index in [0.29, 0.717) is 35.2 Å². The molecule has 1 saturated heterocycles. The SMILES string of the molecule is CC(C)(C)OC(=O)NC1CCCN(c2ccncc2NC(=O)c2nc3cc(C(C)(C)O)ccc3cc2NC(=O)OCc2ccccc2)C1. The lowest BCUT2D eigenvalue weighted by atomic mass is 9.97. The van der Waals surface area contributed by atoms with E-state index in [1.165, 1.54) is 0 Å². The van der Waals surface area contributed by atoms with Crippen molar-refractivity contribution in [1.29, 1.82) is 0 Å². The molecule has 3 heterocycles. The second-order valence-corrected chi connectivity index (χ2v) is 13.3. The number of aliphatic hydroxyl groups is 1. The molecule has 252 valence electrons. The summed E-state index contributed by atoms with van der Waals surface area (Å²) in [6, 6.07) is 17.8. The summed E-state index contributed by atoms with van der Waals surface area (Å²) < 4.78 is 10.9. The van der Waals surface area contributed by atoms with Crippen LogP contribution >= 0.6 is 0 Å². The van der Waals surface area contributed by atoms with Crippen molar-refractivity contribution in [3.8, 4) is 0 Å². The van der Waals surface area contributed by atoms with Gasteiger partial charge in [-0.05, 0) is 76.8 Å². The van der Waals surface area contributed by atoms with Gasteiger partial charge in [0.05, 0.1) is 34.4 Å². The van der Waals surface area contributed by atoms with Gasteiger partial charge in [0.15, 0.2) is 5.69 Å². The standard InChI is InChI=1S/C36H42N6O6/c1-35(2,3)48-34(45)38-26-12-9-17-42(21-26)30-15-16-37-20-29(30)40-32(43)31-28(41-33(44)47-22-23-10-7-6-8-11-23)18-24-13-14-25(36(4,5)46)19-27(24)39-31/h6-8,10-11,13-16,18-20,26,46H,9,12,17,21-22H2,1-5H3,(H,38,45)(H,40,43)(H,41,44). The summed E-state index contributed by atoms with van der Waals surface area (Å²) in [4.78, 5) is 50.3. The number of hydrogen-bond acceptors (Lipinski definition) is 9. The fraction of sp³-hybridized carbons (Fsp3) is 0.361. The first-order valence-electron chi connectivity index (χ1n) is 15.9. The summed E-state index contributed by atoms with van der Waals surface area (Å²) in [6.07, 6.45) is 3.55. The van der Waals surface area contributed by atoms with Gasteiger partial charge in [-0.3, -0.25) is 15.1 Å². The minimum atomic E-state index is -1.13. The Morgan fingerprint density at radius 1 is 0.958 bits per heavy atom. The van der Waals surface area contributed by atoms with Crippen molar-refractivity contribution in [2.75, 3.05) is 28.6 Å². The van der Waals surface area contributed by atoms with Crippen molar-refractivity contribution in [1.82, 2.24) is 15.3 Å². The Kier molecular flexibility index (Phi) is 10.1. The molecule has 1 aliphatic heterocycles. The van der Waals surface area contributed by atoms with E-state index in [1.54, 1.807) is 56.6 Å². The average Bonchev–Trinajstić information content (AvgIpc) is 3.02. The largest absolute Gasteiger partial charge is 0.444 e. The summed E-state index contributed by atoms with van der Waals surface area (Å²) in [7, 11) is 0. The van der Waals surface area contributed by atoms with Crippen LogP contribution in [0.4, 0.5) is 26.7 Å². The van der Waals surface area contributed by atoms with E-state index in [9.17, 15) is 19.5 Å². The number of aromatic nitrogens is 2. The van der Waals surface area contributed by atoms with Crippen LogP contribution in [0.2, 0.25) is 0 Å². The predicted octanol–water partition coefficient (Wildman–Crippen LogP) is 6.35. The molecular weight excluding hydrogens is 612 g/mol. The number of carbonyl (C=O) groups excluding carboxylic acids is 3. The van der Waals surface area contributed by atoms with Crippen molar-refractivity contribution in [2.24, 2.45) is 0 Å². The molecule has 4 aromatic rings. The van der Waals surface area contributed by atoms with Crippen LogP contribution in [0.25, 0.3) is 10.9 Å². The zero-order valence-corrected chi connectivity index (χ0v) is 27.9. The Morgan fingerprint density at radius 3 is 2.46 bits per heavy atom. The van der Waals surface area contributed by atoms with Crippen LogP contribution in [0.1, 0.15) is 69.1 Å². The maximum atomic E-state index is 14.0. The number of hydrogen-bond donors (Lipinski definition) is 4. The van der Waals surface area contributed by atoms with Crippen molar-refractivity contribution < 1.29 is 29.0 Å². The van der Waals surface area contributed by atoms with E-state index in [1.807, 2.05) is 51.1 Å². The van der Waals surface area contributed by atoms with E-state index in [2.05, 4.69) is 30.8 Å². The first-order valence-corrected chi connectivity index (χ1v) is 15.9. The molecule has 12 nitrogen and oxygen atoms in total. The zero-order valence-electron chi connectivity index (χ0n) is 27.9. The highest BCUT2D eigenvalue weighted by molar-refractivity contribution is 6.11. The minimum Gasteiger partial charge on any atom is -0.444 e. The fourth-order valence-electron chi connectivity index (χ4n) is 5.41. The molecule has 0 bridgehead atoms. The van der Waals surface area contributed by atoms with Gasteiger partial charge >= 0.3 is 12.2 Å². The Hall–Kier alpha value is -5.23. The summed E-state index contributed by atoms with van der Waals surface area (Å²) in [6.45, 7) is 10.0. The first kappa shape index (κ1) is 34.1. The number of nitrogens with zero attached hydrogens (tertiary/aromatic N) is 3. The molecule has 0 aliphatic carbocycles. The van der Waals surface area contributed by atoms with Crippen LogP contribution in [0.3, 0.4) is 0 Å². The Labute approximate surface area is 279 Å². The van der Waals surface area contributed by atoms with Crippen molar-refractivity contribution in [2.45, 2.75) is 71.3 Å². The molecule has 2 aromatic heterocycles. The molecule has 0 saturated carbocycles. The molecule has 1 aliphatic rings. The number of pyridine rings is 2. The third kappa shape index (κ3) is 8.97. The van der Waals surface area contributed by atoms with E-state index < -0.39 is 29.3 Å². The second-order valence-electron chi connectivity index (χ2n) is 13.3. The summed E-state index contributed by atoms with van der Waals surface area (Å²) in [5.41, 5.74) is 1.40. The molecule has 1 atom stereocenters. The maximum Gasteiger partial charge on any atom is 0.412 e. The first-order chi connectivity index (χ1) is 22.7. The monoisotopic (exact) mass is 654 g/mol.